The predicted molar refractivity (Wildman–Crippen MR) is 73.4 cm³/mol. The maximum Gasteiger partial charge on any atom is 0.324 e. The molecule has 20 heavy (non-hydrogen) atoms. The molecule has 0 aromatic carbocycles. The number of nitrogens with one attached hydrogen (secondary N) is 2. The molecule has 1 aromatic rings. The SMILES string of the molecule is CC(C)[C@H](NS(=O)(=O)c1ccn[nH]1)C(=O)OC(C)(C)C. The minimum absolute atomic E-state index is 0.0910. The number of carbonyl (C=O) groups is 1. The van der Waals surface area contributed by atoms with Gasteiger partial charge >= 0.3 is 5.97 Å². The average Bonchev–Trinajstić information content (AvgIpc) is 2.76. The number of carbonyl (C=O) groups excluding carboxylic acids is 1. The predicted octanol–water partition coefficient (Wildman–Crippen LogP) is 1.05. The Morgan fingerprint density at radius 3 is 2.40 bits per heavy atom. The summed E-state index contributed by atoms with van der Waals surface area (Å²) in [6.45, 7) is 8.66. The third kappa shape index (κ3) is 4.61. The number of nitrogens with zero attached hydrogens (tertiary/aromatic N) is 1. The molecule has 0 saturated heterocycles. The molecule has 0 aliphatic rings. The van der Waals surface area contributed by atoms with Crippen molar-refractivity contribution >= 4 is 16.0 Å². The van der Waals surface area contributed by atoms with E-state index in [2.05, 4.69) is 14.9 Å². The number of H-pyrrole nitrogens is 1. The molecule has 0 spiro atoms. The molecule has 0 radical (unpaired) electrons. The second kappa shape index (κ2) is 5.92. The standard InChI is InChI=1S/C12H21N3O4S/c1-8(2)10(11(16)19-12(3,4)5)15-20(17,18)9-6-7-13-14-9/h6-8,10,15H,1-5H3,(H,13,14)/t10-/m0/s1. The topological polar surface area (TPSA) is 101 Å². The summed E-state index contributed by atoms with van der Waals surface area (Å²) in [7, 11) is -3.83. The van der Waals surface area contributed by atoms with Crippen LogP contribution in [0.5, 0.6) is 0 Å². The third-order valence-corrected chi connectivity index (χ3v) is 3.74. The van der Waals surface area contributed by atoms with Crippen LogP contribution in [0.25, 0.3) is 0 Å². The van der Waals surface area contributed by atoms with Gasteiger partial charge in [0.15, 0.2) is 5.03 Å². The van der Waals surface area contributed by atoms with Gasteiger partial charge in [-0.1, -0.05) is 13.8 Å². The minimum Gasteiger partial charge on any atom is -0.459 e. The van der Waals surface area contributed by atoms with Gasteiger partial charge in [-0.25, -0.2) is 8.42 Å². The lowest BCUT2D eigenvalue weighted by atomic mass is 10.1. The van der Waals surface area contributed by atoms with E-state index in [4.69, 9.17) is 4.74 Å². The van der Waals surface area contributed by atoms with E-state index in [1.165, 1.54) is 12.3 Å². The van der Waals surface area contributed by atoms with Crippen molar-refractivity contribution in [2.24, 2.45) is 5.92 Å². The number of sulfonamides is 1. The summed E-state index contributed by atoms with van der Waals surface area (Å²) < 4.78 is 31.8. The maximum absolute atomic E-state index is 12.1. The van der Waals surface area contributed by atoms with Crippen molar-refractivity contribution in [1.82, 2.24) is 14.9 Å². The van der Waals surface area contributed by atoms with Gasteiger partial charge in [0.1, 0.15) is 11.6 Å². The molecule has 2 N–H and O–H groups in total. The summed E-state index contributed by atoms with van der Waals surface area (Å²) in [6, 6.07) is 0.358. The largest absolute Gasteiger partial charge is 0.459 e. The fraction of sp³-hybridized carbons (Fsp3) is 0.667. The highest BCUT2D eigenvalue weighted by molar-refractivity contribution is 7.89. The monoisotopic (exact) mass is 303 g/mol. The van der Waals surface area contributed by atoms with Crippen molar-refractivity contribution in [3.63, 3.8) is 0 Å². The third-order valence-electron chi connectivity index (χ3n) is 2.37. The van der Waals surface area contributed by atoms with Crippen LogP contribution in [0.2, 0.25) is 0 Å². The van der Waals surface area contributed by atoms with Crippen LogP contribution in [-0.4, -0.2) is 36.2 Å². The van der Waals surface area contributed by atoms with Crippen LogP contribution < -0.4 is 4.72 Å². The first-order valence-electron chi connectivity index (χ1n) is 6.27. The summed E-state index contributed by atoms with van der Waals surface area (Å²) in [6.07, 6.45) is 1.33. The van der Waals surface area contributed by atoms with Gasteiger partial charge in [0.05, 0.1) is 6.20 Å². The number of hydrogen-bond donors (Lipinski definition) is 2. The van der Waals surface area contributed by atoms with Crippen LogP contribution in [0.3, 0.4) is 0 Å². The van der Waals surface area contributed by atoms with Crippen LogP contribution in [0.4, 0.5) is 0 Å². The van der Waals surface area contributed by atoms with Crippen molar-refractivity contribution in [3.05, 3.63) is 12.3 Å². The lowest BCUT2D eigenvalue weighted by Crippen LogP contribution is -2.47. The zero-order chi connectivity index (χ0) is 15.6. The highest BCUT2D eigenvalue weighted by Crippen LogP contribution is 2.14. The van der Waals surface area contributed by atoms with E-state index in [-0.39, 0.29) is 10.9 Å². The Balaban J connectivity index is 2.91. The number of rotatable bonds is 5. The molecule has 8 heteroatoms. The Kier molecular flexibility index (Phi) is 4.93. The van der Waals surface area contributed by atoms with E-state index in [0.29, 0.717) is 0 Å². The van der Waals surface area contributed by atoms with Crippen molar-refractivity contribution in [3.8, 4) is 0 Å². The Morgan fingerprint density at radius 1 is 1.40 bits per heavy atom. The van der Waals surface area contributed by atoms with Crippen LogP contribution in [0, 0.1) is 5.92 Å². The summed E-state index contributed by atoms with van der Waals surface area (Å²) in [5.41, 5.74) is -0.677. The first-order valence-corrected chi connectivity index (χ1v) is 7.76. The van der Waals surface area contributed by atoms with Gasteiger partial charge in [0.25, 0.3) is 10.0 Å². The quantitative estimate of drug-likeness (QED) is 0.792. The number of hydrogen-bond acceptors (Lipinski definition) is 5. The zero-order valence-corrected chi connectivity index (χ0v) is 13.1. The molecule has 0 saturated carbocycles. The summed E-state index contributed by atoms with van der Waals surface area (Å²) in [5, 5.41) is 5.85. The van der Waals surface area contributed by atoms with Crippen LogP contribution in [0.1, 0.15) is 34.6 Å². The Labute approximate surface area is 119 Å². The second-order valence-electron chi connectivity index (χ2n) is 5.80. The maximum atomic E-state index is 12.1. The number of aromatic amines is 1. The molecule has 0 aliphatic heterocycles. The number of esters is 1. The molecule has 1 aromatic heterocycles. The summed E-state index contributed by atoms with van der Waals surface area (Å²) >= 11 is 0. The normalized spacial score (nSPS) is 14.3. The zero-order valence-electron chi connectivity index (χ0n) is 12.3. The highest BCUT2D eigenvalue weighted by atomic mass is 32.2. The van der Waals surface area contributed by atoms with Crippen molar-refractivity contribution in [1.29, 1.82) is 0 Å². The first-order chi connectivity index (χ1) is 9.03. The van der Waals surface area contributed by atoms with Crippen molar-refractivity contribution in [2.75, 3.05) is 0 Å². The molecule has 1 rings (SSSR count). The minimum atomic E-state index is -3.83. The lowest BCUT2D eigenvalue weighted by Gasteiger charge is -2.26. The van der Waals surface area contributed by atoms with E-state index >= 15 is 0 Å². The van der Waals surface area contributed by atoms with Gasteiger partial charge < -0.3 is 4.74 Å². The van der Waals surface area contributed by atoms with Gasteiger partial charge in [-0.2, -0.15) is 9.82 Å². The van der Waals surface area contributed by atoms with Gasteiger partial charge in [0, 0.05) is 0 Å². The highest BCUT2D eigenvalue weighted by Gasteiger charge is 2.32. The van der Waals surface area contributed by atoms with Gasteiger partial charge in [-0.3, -0.25) is 9.89 Å². The summed E-state index contributed by atoms with van der Waals surface area (Å²) in [5.74, 6) is -0.849. The average molecular weight is 303 g/mol. The van der Waals surface area contributed by atoms with Gasteiger partial charge in [-0.15, -0.1) is 0 Å². The van der Waals surface area contributed by atoms with E-state index in [1.807, 2.05) is 0 Å². The Morgan fingerprint density at radius 2 is 2.00 bits per heavy atom. The number of ether oxygens (including phenoxy) is 1. The molecule has 114 valence electrons. The fourth-order valence-electron chi connectivity index (χ4n) is 1.45. The van der Waals surface area contributed by atoms with E-state index in [1.54, 1.807) is 34.6 Å². The molecular formula is C12H21N3O4S. The molecule has 1 heterocycles. The van der Waals surface area contributed by atoms with Gasteiger partial charge in [-0.05, 0) is 32.8 Å². The Hall–Kier alpha value is -1.41. The molecule has 0 unspecified atom stereocenters. The van der Waals surface area contributed by atoms with Crippen LogP contribution >= 0.6 is 0 Å². The first kappa shape index (κ1) is 16.6. The molecular weight excluding hydrogens is 282 g/mol. The van der Waals surface area contributed by atoms with Crippen LogP contribution in [0.15, 0.2) is 17.3 Å². The molecule has 1 atom stereocenters. The number of aromatic nitrogens is 2. The van der Waals surface area contributed by atoms with Crippen molar-refractivity contribution < 1.29 is 17.9 Å². The fourth-order valence-corrected chi connectivity index (χ4v) is 2.69. The van der Waals surface area contributed by atoms with Gasteiger partial charge in [0.2, 0.25) is 0 Å². The molecule has 0 bridgehead atoms. The Bertz CT molecular complexity index is 544. The molecule has 0 aliphatic carbocycles. The second-order valence-corrected chi connectivity index (χ2v) is 7.48. The van der Waals surface area contributed by atoms with E-state index in [0.717, 1.165) is 0 Å². The van der Waals surface area contributed by atoms with Crippen molar-refractivity contribution in [2.45, 2.75) is 51.3 Å². The summed E-state index contributed by atoms with van der Waals surface area (Å²) in [4.78, 5) is 12.1. The molecule has 0 fully saturated rings. The van der Waals surface area contributed by atoms with E-state index in [9.17, 15) is 13.2 Å². The molecule has 7 nitrogen and oxygen atoms in total. The molecule has 0 amide bonds. The smallest absolute Gasteiger partial charge is 0.324 e. The van der Waals surface area contributed by atoms with E-state index < -0.39 is 27.6 Å². The van der Waals surface area contributed by atoms with Crippen LogP contribution in [-0.2, 0) is 19.6 Å². The lowest BCUT2D eigenvalue weighted by molar-refractivity contribution is -0.158.